The quantitative estimate of drug-likeness (QED) is 0.768. The molecule has 1 atom stereocenters. The normalized spacial score (nSPS) is 21.9. The number of carbonyl (C=O) groups is 1. The number of nitrogens with one attached hydrogen (secondary N) is 3. The summed E-state index contributed by atoms with van der Waals surface area (Å²) in [5.41, 5.74) is 3.31. The van der Waals surface area contributed by atoms with E-state index < -0.39 is 0 Å². The monoisotopic (exact) mass is 275 g/mol. The van der Waals surface area contributed by atoms with E-state index in [-0.39, 0.29) is 11.4 Å². The fourth-order valence-electron chi connectivity index (χ4n) is 2.65. The Hall–Kier alpha value is -1.39. The summed E-state index contributed by atoms with van der Waals surface area (Å²) < 4.78 is 0. The van der Waals surface area contributed by atoms with Crippen LogP contribution in [0.5, 0.6) is 0 Å². The van der Waals surface area contributed by atoms with E-state index >= 15 is 0 Å². The van der Waals surface area contributed by atoms with Crippen LogP contribution in [0.4, 0.5) is 5.69 Å². The number of aryl methyl sites for hydroxylation is 2. The van der Waals surface area contributed by atoms with Crippen LogP contribution in [0.3, 0.4) is 0 Å². The van der Waals surface area contributed by atoms with Crippen molar-refractivity contribution >= 4 is 11.6 Å². The summed E-state index contributed by atoms with van der Waals surface area (Å²) in [6.45, 7) is 8.59. The van der Waals surface area contributed by atoms with Crippen molar-refractivity contribution in [2.75, 3.05) is 25.0 Å². The van der Waals surface area contributed by atoms with Crippen molar-refractivity contribution in [3.8, 4) is 0 Å². The number of rotatable bonds is 5. The Morgan fingerprint density at radius 2 is 2.25 bits per heavy atom. The highest BCUT2D eigenvalue weighted by Gasteiger charge is 2.28. The van der Waals surface area contributed by atoms with Crippen LogP contribution in [-0.2, 0) is 11.2 Å². The predicted molar refractivity (Wildman–Crippen MR) is 83.1 cm³/mol. The van der Waals surface area contributed by atoms with Crippen LogP contribution in [0.1, 0.15) is 31.4 Å². The summed E-state index contributed by atoms with van der Waals surface area (Å²) in [5, 5.41) is 9.73. The molecule has 4 nitrogen and oxygen atoms in total. The van der Waals surface area contributed by atoms with Crippen molar-refractivity contribution in [1.29, 1.82) is 0 Å². The van der Waals surface area contributed by atoms with E-state index in [1.165, 1.54) is 5.56 Å². The third-order valence-electron chi connectivity index (χ3n) is 4.05. The van der Waals surface area contributed by atoms with Gasteiger partial charge in [0, 0.05) is 17.8 Å². The fraction of sp³-hybridized carbons (Fsp3) is 0.562. The summed E-state index contributed by atoms with van der Waals surface area (Å²) in [7, 11) is 0. The maximum absolute atomic E-state index is 12.1. The average Bonchev–Trinajstić information content (AvgIpc) is 2.86. The van der Waals surface area contributed by atoms with Gasteiger partial charge in [0.05, 0.1) is 6.54 Å². The zero-order valence-electron chi connectivity index (χ0n) is 12.7. The third kappa shape index (κ3) is 3.58. The summed E-state index contributed by atoms with van der Waals surface area (Å²) in [5.74, 6) is 0.0297. The van der Waals surface area contributed by atoms with Crippen LogP contribution in [0.15, 0.2) is 18.2 Å². The highest BCUT2D eigenvalue weighted by molar-refractivity contribution is 5.93. The first-order valence-electron chi connectivity index (χ1n) is 7.38. The van der Waals surface area contributed by atoms with E-state index in [1.807, 2.05) is 19.1 Å². The number of hydrogen-bond donors (Lipinski definition) is 3. The Bertz CT molecular complexity index is 479. The third-order valence-corrected chi connectivity index (χ3v) is 4.05. The number of hydrogen-bond acceptors (Lipinski definition) is 3. The molecule has 1 aliphatic heterocycles. The lowest BCUT2D eigenvalue weighted by molar-refractivity contribution is -0.115. The molecule has 1 aromatic carbocycles. The van der Waals surface area contributed by atoms with Crippen LogP contribution in [-0.4, -0.2) is 31.1 Å². The molecule has 0 aromatic heterocycles. The van der Waals surface area contributed by atoms with Gasteiger partial charge in [0.25, 0.3) is 0 Å². The van der Waals surface area contributed by atoms with Crippen LogP contribution in [0.2, 0.25) is 0 Å². The van der Waals surface area contributed by atoms with E-state index in [9.17, 15) is 4.79 Å². The standard InChI is InChI=1S/C16H25N3O/c1-4-13-7-5-6-12(2)15(13)19-14(20)10-18-16(3)8-9-17-11-16/h5-7,17-18H,4,8-11H2,1-3H3,(H,19,20). The second-order valence-electron chi connectivity index (χ2n) is 5.85. The van der Waals surface area contributed by atoms with Gasteiger partial charge in [0.1, 0.15) is 0 Å². The molecule has 1 heterocycles. The van der Waals surface area contributed by atoms with Gasteiger partial charge in [-0.1, -0.05) is 25.1 Å². The summed E-state index contributed by atoms with van der Waals surface area (Å²) in [6.07, 6.45) is 1.98. The molecule has 0 aliphatic carbocycles. The van der Waals surface area contributed by atoms with Gasteiger partial charge in [-0.3, -0.25) is 4.79 Å². The van der Waals surface area contributed by atoms with E-state index in [0.717, 1.165) is 37.2 Å². The zero-order chi connectivity index (χ0) is 14.6. The number of para-hydroxylation sites is 1. The van der Waals surface area contributed by atoms with E-state index in [1.54, 1.807) is 0 Å². The van der Waals surface area contributed by atoms with E-state index in [4.69, 9.17) is 0 Å². The van der Waals surface area contributed by atoms with Crippen molar-refractivity contribution in [3.63, 3.8) is 0 Å². The number of anilines is 1. The lowest BCUT2D eigenvalue weighted by Crippen LogP contribution is -2.47. The maximum Gasteiger partial charge on any atom is 0.238 e. The Morgan fingerprint density at radius 1 is 1.45 bits per heavy atom. The molecule has 110 valence electrons. The molecule has 0 spiro atoms. The lowest BCUT2D eigenvalue weighted by Gasteiger charge is -2.24. The summed E-state index contributed by atoms with van der Waals surface area (Å²) >= 11 is 0. The van der Waals surface area contributed by atoms with Crippen LogP contribution < -0.4 is 16.0 Å². The first kappa shape index (κ1) is 15.0. The van der Waals surface area contributed by atoms with E-state index in [0.29, 0.717) is 6.54 Å². The number of carbonyl (C=O) groups excluding carboxylic acids is 1. The molecule has 1 fully saturated rings. The molecule has 1 aliphatic rings. The van der Waals surface area contributed by atoms with Crippen LogP contribution in [0, 0.1) is 6.92 Å². The second-order valence-corrected chi connectivity index (χ2v) is 5.85. The molecule has 1 unspecified atom stereocenters. The maximum atomic E-state index is 12.1. The van der Waals surface area contributed by atoms with Gasteiger partial charge in [0.2, 0.25) is 5.91 Å². The highest BCUT2D eigenvalue weighted by Crippen LogP contribution is 2.21. The first-order chi connectivity index (χ1) is 9.54. The van der Waals surface area contributed by atoms with Gasteiger partial charge < -0.3 is 16.0 Å². The van der Waals surface area contributed by atoms with Crippen molar-refractivity contribution in [1.82, 2.24) is 10.6 Å². The van der Waals surface area contributed by atoms with Crippen LogP contribution in [0.25, 0.3) is 0 Å². The predicted octanol–water partition coefficient (Wildman–Crippen LogP) is 1.84. The molecular weight excluding hydrogens is 250 g/mol. The average molecular weight is 275 g/mol. The molecule has 3 N–H and O–H groups in total. The van der Waals surface area contributed by atoms with Gasteiger partial charge in [-0.05, 0) is 44.4 Å². The molecule has 20 heavy (non-hydrogen) atoms. The van der Waals surface area contributed by atoms with Crippen molar-refractivity contribution < 1.29 is 4.79 Å². The Balaban J connectivity index is 1.94. The molecule has 0 saturated carbocycles. The second kappa shape index (κ2) is 6.37. The molecule has 1 amide bonds. The minimum Gasteiger partial charge on any atom is -0.324 e. The topological polar surface area (TPSA) is 53.2 Å². The van der Waals surface area contributed by atoms with Crippen molar-refractivity contribution in [2.45, 2.75) is 39.2 Å². The minimum absolute atomic E-state index is 0.0297. The summed E-state index contributed by atoms with van der Waals surface area (Å²) in [4.78, 5) is 12.1. The fourth-order valence-corrected chi connectivity index (χ4v) is 2.65. The molecule has 2 rings (SSSR count). The number of benzene rings is 1. The molecule has 1 saturated heterocycles. The Kier molecular flexibility index (Phi) is 4.78. The highest BCUT2D eigenvalue weighted by atomic mass is 16.1. The first-order valence-corrected chi connectivity index (χ1v) is 7.38. The molecule has 0 bridgehead atoms. The number of amides is 1. The van der Waals surface area contributed by atoms with Crippen molar-refractivity contribution in [2.24, 2.45) is 0 Å². The van der Waals surface area contributed by atoms with Crippen LogP contribution >= 0.6 is 0 Å². The SMILES string of the molecule is CCc1cccc(C)c1NC(=O)CNC1(C)CCNC1. The summed E-state index contributed by atoms with van der Waals surface area (Å²) in [6, 6.07) is 6.13. The van der Waals surface area contributed by atoms with Gasteiger partial charge >= 0.3 is 0 Å². The molecular formula is C16H25N3O. The van der Waals surface area contributed by atoms with Gasteiger partial charge in [-0.15, -0.1) is 0 Å². The van der Waals surface area contributed by atoms with Gasteiger partial charge in [-0.25, -0.2) is 0 Å². The molecule has 4 heteroatoms. The zero-order valence-corrected chi connectivity index (χ0v) is 12.7. The molecule has 1 aromatic rings. The lowest BCUT2D eigenvalue weighted by atomic mass is 10.0. The Labute approximate surface area is 121 Å². The van der Waals surface area contributed by atoms with E-state index in [2.05, 4.69) is 35.9 Å². The van der Waals surface area contributed by atoms with Gasteiger partial charge in [0.15, 0.2) is 0 Å². The largest absolute Gasteiger partial charge is 0.324 e. The van der Waals surface area contributed by atoms with Gasteiger partial charge in [-0.2, -0.15) is 0 Å². The smallest absolute Gasteiger partial charge is 0.238 e. The molecule has 0 radical (unpaired) electrons. The van der Waals surface area contributed by atoms with Crippen molar-refractivity contribution in [3.05, 3.63) is 29.3 Å². The minimum atomic E-state index is 0.0297. The Morgan fingerprint density at radius 3 is 2.90 bits per heavy atom.